The first kappa shape index (κ1) is 17.2. The maximum absolute atomic E-state index is 10.7. The Morgan fingerprint density at radius 1 is 1.09 bits per heavy atom. The van der Waals surface area contributed by atoms with Crippen LogP contribution in [0, 0.1) is 0 Å². The van der Waals surface area contributed by atoms with Gasteiger partial charge in [0.2, 0.25) is 0 Å². The van der Waals surface area contributed by atoms with Crippen molar-refractivity contribution < 1.29 is 9.84 Å². The molecular weight excluding hydrogens is 314 g/mol. The summed E-state index contributed by atoms with van der Waals surface area (Å²) in [5, 5.41) is 12.1. The second-order valence-corrected chi connectivity index (χ2v) is 8.24. The molecule has 118 valence electrons. The number of nitrogens with zero attached hydrogens (tertiary/aromatic N) is 1. The van der Waals surface area contributed by atoms with Crippen molar-refractivity contribution in [3.8, 4) is 5.75 Å². The summed E-state index contributed by atoms with van der Waals surface area (Å²) in [5.41, 5.74) is 0.891. The van der Waals surface area contributed by atoms with E-state index in [4.69, 9.17) is 4.74 Å². The van der Waals surface area contributed by atoms with Crippen molar-refractivity contribution >= 4 is 23.5 Å². The summed E-state index contributed by atoms with van der Waals surface area (Å²) in [6.45, 7) is 4.27. The van der Waals surface area contributed by atoms with Crippen LogP contribution in [0.3, 0.4) is 0 Å². The van der Waals surface area contributed by atoms with Crippen LogP contribution < -0.4 is 4.74 Å². The number of ether oxygens (including phenoxy) is 1. The molecule has 0 fully saturated rings. The molecule has 0 saturated carbocycles. The molecule has 0 amide bonds. The number of aliphatic hydroxyl groups excluding tert-OH is 1. The summed E-state index contributed by atoms with van der Waals surface area (Å²) >= 11 is 3.35. The first-order valence-electron chi connectivity index (χ1n) is 7.15. The zero-order valence-corrected chi connectivity index (χ0v) is 14.6. The van der Waals surface area contributed by atoms with Gasteiger partial charge in [-0.05, 0) is 29.8 Å². The summed E-state index contributed by atoms with van der Waals surface area (Å²) in [6, 6.07) is 13.4. The Labute approximate surface area is 140 Å². The van der Waals surface area contributed by atoms with Crippen LogP contribution in [-0.4, -0.2) is 27.0 Å². The smallest absolute Gasteiger partial charge is 0.118 e. The van der Waals surface area contributed by atoms with Crippen LogP contribution in [0.1, 0.15) is 25.5 Å². The van der Waals surface area contributed by atoms with Gasteiger partial charge in [0.1, 0.15) is 11.9 Å². The molecule has 0 spiro atoms. The first-order chi connectivity index (χ1) is 10.6. The van der Waals surface area contributed by atoms with Crippen molar-refractivity contribution in [1.29, 1.82) is 0 Å². The highest BCUT2D eigenvalue weighted by molar-refractivity contribution is 8.17. The lowest BCUT2D eigenvalue weighted by Gasteiger charge is -2.24. The standard InChI is InChI=1S/C17H21NO2S2/c1-12(2)21-17(22-15-6-4-5-11-18-15)16(19)13-7-9-14(20-3)10-8-13/h4-12,16-17,19H,1-3H3/t16-,17+/m1/s1. The molecular formula is C17H21NO2S2. The van der Waals surface area contributed by atoms with E-state index in [0.717, 1.165) is 16.3 Å². The topological polar surface area (TPSA) is 42.4 Å². The van der Waals surface area contributed by atoms with E-state index in [1.165, 1.54) is 0 Å². The number of hydrogen-bond acceptors (Lipinski definition) is 5. The Hall–Kier alpha value is -1.17. The highest BCUT2D eigenvalue weighted by Crippen LogP contribution is 2.40. The van der Waals surface area contributed by atoms with Crippen molar-refractivity contribution in [2.24, 2.45) is 0 Å². The summed E-state index contributed by atoms with van der Waals surface area (Å²) in [7, 11) is 1.64. The minimum atomic E-state index is -0.565. The van der Waals surface area contributed by atoms with Gasteiger partial charge in [-0.15, -0.1) is 11.8 Å². The van der Waals surface area contributed by atoms with Gasteiger partial charge < -0.3 is 9.84 Å². The third-order valence-electron chi connectivity index (χ3n) is 3.00. The van der Waals surface area contributed by atoms with Gasteiger partial charge in [0.15, 0.2) is 0 Å². The van der Waals surface area contributed by atoms with E-state index in [2.05, 4.69) is 18.8 Å². The molecule has 0 aliphatic rings. The van der Waals surface area contributed by atoms with Crippen LogP contribution in [0.4, 0.5) is 0 Å². The number of hydrogen-bond donors (Lipinski definition) is 1. The molecule has 2 atom stereocenters. The zero-order valence-electron chi connectivity index (χ0n) is 13.0. The Morgan fingerprint density at radius 2 is 1.82 bits per heavy atom. The van der Waals surface area contributed by atoms with Gasteiger partial charge in [0.25, 0.3) is 0 Å². The SMILES string of the molecule is COc1ccc([C@@H](O)[C@H](Sc2ccccn2)SC(C)C)cc1. The van der Waals surface area contributed by atoms with E-state index in [0.29, 0.717) is 5.25 Å². The summed E-state index contributed by atoms with van der Waals surface area (Å²) in [6.07, 6.45) is 1.21. The van der Waals surface area contributed by atoms with Gasteiger partial charge in [0, 0.05) is 11.4 Å². The van der Waals surface area contributed by atoms with E-state index in [1.807, 2.05) is 42.5 Å². The maximum atomic E-state index is 10.7. The molecule has 2 rings (SSSR count). The number of pyridine rings is 1. The van der Waals surface area contributed by atoms with Gasteiger partial charge in [0.05, 0.1) is 16.7 Å². The van der Waals surface area contributed by atoms with Crippen molar-refractivity contribution in [2.45, 2.75) is 34.8 Å². The molecule has 2 aromatic rings. The fourth-order valence-electron chi connectivity index (χ4n) is 1.93. The number of thioether (sulfide) groups is 2. The predicted octanol–water partition coefficient (Wildman–Crippen LogP) is 4.38. The van der Waals surface area contributed by atoms with E-state index in [-0.39, 0.29) is 4.58 Å². The minimum Gasteiger partial charge on any atom is -0.497 e. The molecule has 0 aliphatic heterocycles. The summed E-state index contributed by atoms with van der Waals surface area (Å²) in [5.74, 6) is 0.793. The van der Waals surface area contributed by atoms with Crippen LogP contribution in [0.2, 0.25) is 0 Å². The van der Waals surface area contributed by atoms with Crippen LogP contribution in [-0.2, 0) is 0 Å². The first-order valence-corrected chi connectivity index (χ1v) is 8.97. The number of methoxy groups -OCH3 is 1. The molecule has 0 bridgehead atoms. The summed E-state index contributed by atoms with van der Waals surface area (Å²) < 4.78 is 5.16. The molecule has 5 heteroatoms. The fraction of sp³-hybridized carbons (Fsp3) is 0.353. The Morgan fingerprint density at radius 3 is 2.36 bits per heavy atom. The van der Waals surface area contributed by atoms with E-state index in [9.17, 15) is 5.11 Å². The van der Waals surface area contributed by atoms with E-state index < -0.39 is 6.10 Å². The second-order valence-electron chi connectivity index (χ2n) is 5.06. The lowest BCUT2D eigenvalue weighted by molar-refractivity contribution is 0.196. The molecule has 0 radical (unpaired) electrons. The van der Waals surface area contributed by atoms with Gasteiger partial charge in [-0.2, -0.15) is 0 Å². The zero-order chi connectivity index (χ0) is 15.9. The fourth-order valence-corrected chi connectivity index (χ4v) is 4.76. The molecule has 0 saturated heterocycles. The van der Waals surface area contributed by atoms with Crippen molar-refractivity contribution in [1.82, 2.24) is 4.98 Å². The third kappa shape index (κ3) is 4.93. The third-order valence-corrected chi connectivity index (χ3v) is 5.66. The molecule has 0 unspecified atom stereocenters. The molecule has 1 aromatic heterocycles. The highest BCUT2D eigenvalue weighted by Gasteiger charge is 2.24. The molecule has 22 heavy (non-hydrogen) atoms. The van der Waals surface area contributed by atoms with Crippen LogP contribution >= 0.6 is 23.5 Å². The number of aromatic nitrogens is 1. The van der Waals surface area contributed by atoms with Gasteiger partial charge in [-0.1, -0.05) is 43.8 Å². The van der Waals surface area contributed by atoms with Gasteiger partial charge >= 0.3 is 0 Å². The second kappa shape index (κ2) is 8.46. The molecule has 1 aromatic carbocycles. The molecule has 1 N–H and O–H groups in total. The highest BCUT2D eigenvalue weighted by atomic mass is 32.2. The average Bonchev–Trinajstić information content (AvgIpc) is 2.54. The number of benzene rings is 1. The van der Waals surface area contributed by atoms with E-state index >= 15 is 0 Å². The predicted molar refractivity (Wildman–Crippen MR) is 94.6 cm³/mol. The maximum Gasteiger partial charge on any atom is 0.118 e. The largest absolute Gasteiger partial charge is 0.497 e. The Balaban J connectivity index is 2.15. The van der Waals surface area contributed by atoms with Crippen molar-refractivity contribution in [3.05, 3.63) is 54.2 Å². The van der Waals surface area contributed by atoms with E-state index in [1.54, 1.807) is 36.8 Å². The van der Waals surface area contributed by atoms with Crippen molar-refractivity contribution in [2.75, 3.05) is 7.11 Å². The monoisotopic (exact) mass is 335 g/mol. The minimum absolute atomic E-state index is 0.0108. The Kier molecular flexibility index (Phi) is 6.61. The molecule has 1 heterocycles. The van der Waals surface area contributed by atoms with Crippen LogP contribution in [0.5, 0.6) is 5.75 Å². The average molecular weight is 335 g/mol. The molecule has 3 nitrogen and oxygen atoms in total. The number of aliphatic hydroxyl groups is 1. The van der Waals surface area contributed by atoms with Crippen LogP contribution in [0.25, 0.3) is 0 Å². The molecule has 0 aliphatic carbocycles. The number of rotatable bonds is 7. The van der Waals surface area contributed by atoms with Crippen LogP contribution in [0.15, 0.2) is 53.7 Å². The lowest BCUT2D eigenvalue weighted by atomic mass is 10.1. The van der Waals surface area contributed by atoms with Crippen molar-refractivity contribution in [3.63, 3.8) is 0 Å². The normalized spacial score (nSPS) is 13.9. The van der Waals surface area contributed by atoms with Gasteiger partial charge in [-0.3, -0.25) is 0 Å². The summed E-state index contributed by atoms with van der Waals surface area (Å²) in [4.78, 5) is 4.35. The lowest BCUT2D eigenvalue weighted by Crippen LogP contribution is -2.14. The van der Waals surface area contributed by atoms with Gasteiger partial charge in [-0.25, -0.2) is 4.98 Å². The quantitative estimate of drug-likeness (QED) is 0.600. The Bertz CT molecular complexity index is 561.